The molecule has 0 atom stereocenters. The molecule has 0 bridgehead atoms. The summed E-state index contributed by atoms with van der Waals surface area (Å²) >= 11 is 0. The van der Waals surface area contributed by atoms with Gasteiger partial charge < -0.3 is 10.4 Å². The molecule has 0 aromatic heterocycles. The molecule has 1 amide bonds. The molecule has 2 fully saturated rings. The van der Waals surface area contributed by atoms with Crippen molar-refractivity contribution in [3.8, 4) is 0 Å². The molecular weight excluding hydrogens is 238 g/mol. The van der Waals surface area contributed by atoms with Crippen LogP contribution in [0.5, 0.6) is 0 Å². The Morgan fingerprint density at radius 2 is 1.58 bits per heavy atom. The zero-order valence-corrected chi connectivity index (χ0v) is 12.1. The Morgan fingerprint density at radius 3 is 2.21 bits per heavy atom. The van der Waals surface area contributed by atoms with Crippen LogP contribution in [-0.4, -0.2) is 23.2 Å². The van der Waals surface area contributed by atoms with E-state index in [4.69, 9.17) is 0 Å². The number of nitrogens with one attached hydrogen (secondary N) is 1. The van der Waals surface area contributed by atoms with Crippen molar-refractivity contribution < 1.29 is 9.90 Å². The molecule has 3 heteroatoms. The number of carbonyl (C=O) groups is 1. The Hall–Kier alpha value is -0.570. The maximum atomic E-state index is 12.0. The van der Waals surface area contributed by atoms with Crippen LogP contribution in [-0.2, 0) is 4.79 Å². The summed E-state index contributed by atoms with van der Waals surface area (Å²) < 4.78 is 0. The summed E-state index contributed by atoms with van der Waals surface area (Å²) in [5, 5.41) is 13.3. The van der Waals surface area contributed by atoms with Gasteiger partial charge >= 0.3 is 0 Å². The highest BCUT2D eigenvalue weighted by Gasteiger charge is 2.29. The Labute approximate surface area is 117 Å². The summed E-state index contributed by atoms with van der Waals surface area (Å²) in [6, 6.07) is 0. The molecule has 0 aliphatic heterocycles. The molecule has 2 N–H and O–H groups in total. The van der Waals surface area contributed by atoms with Gasteiger partial charge in [0.2, 0.25) is 5.91 Å². The van der Waals surface area contributed by atoms with Gasteiger partial charge in [-0.15, -0.1) is 0 Å². The molecule has 110 valence electrons. The molecule has 2 aliphatic rings. The zero-order chi connectivity index (χ0) is 13.6. The largest absolute Gasteiger partial charge is 0.388 e. The van der Waals surface area contributed by atoms with E-state index in [1.165, 1.54) is 44.9 Å². The van der Waals surface area contributed by atoms with Gasteiger partial charge in [0.05, 0.1) is 5.60 Å². The van der Waals surface area contributed by atoms with Gasteiger partial charge in [0.1, 0.15) is 0 Å². The van der Waals surface area contributed by atoms with Crippen LogP contribution in [0.4, 0.5) is 0 Å². The molecule has 19 heavy (non-hydrogen) atoms. The topological polar surface area (TPSA) is 49.3 Å². The lowest BCUT2D eigenvalue weighted by molar-refractivity contribution is -0.123. The average molecular weight is 267 g/mol. The van der Waals surface area contributed by atoms with E-state index in [0.717, 1.165) is 25.7 Å². The third-order valence-electron chi connectivity index (χ3n) is 4.85. The van der Waals surface area contributed by atoms with Crippen molar-refractivity contribution in [1.82, 2.24) is 5.32 Å². The average Bonchev–Trinajstić information content (AvgIpc) is 2.66. The fourth-order valence-electron chi connectivity index (χ4n) is 3.55. The SMILES string of the molecule is O=C(CC1CCCCCC1)NCC1(O)CCCCC1. The second kappa shape index (κ2) is 7.28. The second-order valence-corrected chi connectivity index (χ2v) is 6.62. The zero-order valence-electron chi connectivity index (χ0n) is 12.1. The van der Waals surface area contributed by atoms with Crippen LogP contribution in [0.1, 0.15) is 77.0 Å². The van der Waals surface area contributed by atoms with Crippen molar-refractivity contribution in [3.63, 3.8) is 0 Å². The first-order valence-electron chi connectivity index (χ1n) is 8.17. The molecular formula is C16H29NO2. The van der Waals surface area contributed by atoms with Crippen LogP contribution in [0, 0.1) is 5.92 Å². The van der Waals surface area contributed by atoms with Gasteiger partial charge in [0, 0.05) is 13.0 Å². The lowest BCUT2D eigenvalue weighted by Gasteiger charge is -2.32. The molecule has 0 heterocycles. The molecule has 0 aromatic carbocycles. The number of amides is 1. The van der Waals surface area contributed by atoms with Gasteiger partial charge in [0.15, 0.2) is 0 Å². The predicted molar refractivity (Wildman–Crippen MR) is 76.9 cm³/mol. The van der Waals surface area contributed by atoms with E-state index < -0.39 is 5.60 Å². The number of hydrogen-bond donors (Lipinski definition) is 2. The maximum absolute atomic E-state index is 12.0. The number of aliphatic hydroxyl groups is 1. The van der Waals surface area contributed by atoms with Crippen LogP contribution in [0.25, 0.3) is 0 Å². The Balaban J connectivity index is 1.68. The smallest absolute Gasteiger partial charge is 0.220 e. The van der Waals surface area contributed by atoms with Crippen molar-refractivity contribution >= 4 is 5.91 Å². The summed E-state index contributed by atoms with van der Waals surface area (Å²) in [7, 11) is 0. The minimum atomic E-state index is -0.628. The van der Waals surface area contributed by atoms with E-state index in [9.17, 15) is 9.90 Å². The summed E-state index contributed by atoms with van der Waals surface area (Å²) in [5.41, 5.74) is -0.628. The molecule has 2 saturated carbocycles. The first kappa shape index (κ1) is 14.8. The van der Waals surface area contributed by atoms with Gasteiger partial charge in [0.25, 0.3) is 0 Å². The normalized spacial score (nSPS) is 24.7. The lowest BCUT2D eigenvalue weighted by Crippen LogP contribution is -2.44. The van der Waals surface area contributed by atoms with Gasteiger partial charge in [-0.3, -0.25) is 4.79 Å². The molecule has 0 radical (unpaired) electrons. The van der Waals surface area contributed by atoms with Crippen LogP contribution in [0.3, 0.4) is 0 Å². The number of carbonyl (C=O) groups excluding carboxylic acids is 1. The van der Waals surface area contributed by atoms with Gasteiger partial charge in [-0.2, -0.15) is 0 Å². The highest BCUT2D eigenvalue weighted by Crippen LogP contribution is 2.28. The lowest BCUT2D eigenvalue weighted by atomic mass is 9.85. The van der Waals surface area contributed by atoms with Crippen molar-refractivity contribution in [3.05, 3.63) is 0 Å². The number of hydrogen-bond acceptors (Lipinski definition) is 2. The quantitative estimate of drug-likeness (QED) is 0.769. The minimum Gasteiger partial charge on any atom is -0.388 e. The Kier molecular flexibility index (Phi) is 5.68. The van der Waals surface area contributed by atoms with Crippen molar-refractivity contribution in [2.24, 2.45) is 5.92 Å². The molecule has 3 nitrogen and oxygen atoms in total. The van der Waals surface area contributed by atoms with Crippen LogP contribution < -0.4 is 5.32 Å². The predicted octanol–water partition coefficient (Wildman–Crippen LogP) is 3.16. The summed E-state index contributed by atoms with van der Waals surface area (Å²) in [6.45, 7) is 0.457. The van der Waals surface area contributed by atoms with E-state index in [0.29, 0.717) is 18.9 Å². The summed E-state index contributed by atoms with van der Waals surface area (Å²) in [4.78, 5) is 12.0. The highest BCUT2D eigenvalue weighted by molar-refractivity contribution is 5.76. The second-order valence-electron chi connectivity index (χ2n) is 6.62. The van der Waals surface area contributed by atoms with Crippen molar-refractivity contribution in [1.29, 1.82) is 0 Å². The summed E-state index contributed by atoms with van der Waals surface area (Å²) in [5.74, 6) is 0.717. The highest BCUT2D eigenvalue weighted by atomic mass is 16.3. The third kappa shape index (κ3) is 5.13. The fraction of sp³-hybridized carbons (Fsp3) is 0.938. The van der Waals surface area contributed by atoms with Crippen molar-refractivity contribution in [2.45, 2.75) is 82.7 Å². The molecule has 0 saturated heterocycles. The monoisotopic (exact) mass is 267 g/mol. The van der Waals surface area contributed by atoms with Gasteiger partial charge in [-0.1, -0.05) is 44.9 Å². The molecule has 2 aliphatic carbocycles. The van der Waals surface area contributed by atoms with E-state index in [-0.39, 0.29) is 5.91 Å². The molecule has 0 spiro atoms. The number of rotatable bonds is 4. The molecule has 2 rings (SSSR count). The van der Waals surface area contributed by atoms with Crippen LogP contribution in [0.15, 0.2) is 0 Å². The van der Waals surface area contributed by atoms with E-state index >= 15 is 0 Å². The maximum Gasteiger partial charge on any atom is 0.220 e. The van der Waals surface area contributed by atoms with Crippen molar-refractivity contribution in [2.75, 3.05) is 6.54 Å². The van der Waals surface area contributed by atoms with Gasteiger partial charge in [-0.25, -0.2) is 0 Å². The fourth-order valence-corrected chi connectivity index (χ4v) is 3.55. The first-order valence-corrected chi connectivity index (χ1v) is 8.17. The van der Waals surface area contributed by atoms with E-state index in [2.05, 4.69) is 5.32 Å². The Bertz CT molecular complexity index is 276. The molecule has 0 aromatic rings. The standard InChI is InChI=1S/C16H29NO2/c18-15(12-14-8-4-1-2-5-9-14)17-13-16(19)10-6-3-7-11-16/h14,19H,1-13H2,(H,17,18). The van der Waals surface area contributed by atoms with E-state index in [1.54, 1.807) is 0 Å². The van der Waals surface area contributed by atoms with Crippen LogP contribution in [0.2, 0.25) is 0 Å². The van der Waals surface area contributed by atoms with Gasteiger partial charge in [-0.05, 0) is 31.6 Å². The molecule has 0 unspecified atom stereocenters. The summed E-state index contributed by atoms with van der Waals surface area (Å²) in [6.07, 6.45) is 13.4. The third-order valence-corrected chi connectivity index (χ3v) is 4.85. The van der Waals surface area contributed by atoms with Crippen LogP contribution >= 0.6 is 0 Å². The Morgan fingerprint density at radius 1 is 1.00 bits per heavy atom. The van der Waals surface area contributed by atoms with E-state index in [1.807, 2.05) is 0 Å². The minimum absolute atomic E-state index is 0.144. The first-order chi connectivity index (χ1) is 9.18.